The van der Waals surface area contributed by atoms with Crippen LogP contribution >= 0.6 is 0 Å². The van der Waals surface area contributed by atoms with Crippen molar-refractivity contribution in [2.24, 2.45) is 0 Å². The highest BCUT2D eigenvalue weighted by Crippen LogP contribution is 2.26. The molecule has 4 rings (SSSR count). The minimum absolute atomic E-state index is 0.536. The van der Waals surface area contributed by atoms with Crippen LogP contribution in [0.4, 0.5) is 5.69 Å². The molecule has 5 nitrogen and oxygen atoms in total. The molecule has 0 aliphatic rings. The van der Waals surface area contributed by atoms with E-state index in [-0.39, 0.29) is 0 Å². The van der Waals surface area contributed by atoms with Gasteiger partial charge in [-0.1, -0.05) is 42.5 Å². The van der Waals surface area contributed by atoms with Crippen molar-refractivity contribution in [3.8, 4) is 11.3 Å². The molecular formula is C23H21N3O2S. The first-order chi connectivity index (χ1) is 13.9. The van der Waals surface area contributed by atoms with Crippen LogP contribution in [0.5, 0.6) is 0 Å². The Bertz CT molecular complexity index is 1310. The number of anilines is 1. The Kier molecular flexibility index (Phi) is 4.94. The average Bonchev–Trinajstić information content (AvgIpc) is 3.12. The number of sulfonamides is 1. The SMILES string of the molecule is Cc1ccn2cc(-c3ccc(C)c(NS(=O)(=O)/C=C/c4ccccc4)c3)nc2c1. The largest absolute Gasteiger partial charge is 0.306 e. The van der Waals surface area contributed by atoms with Gasteiger partial charge in [0.15, 0.2) is 0 Å². The van der Waals surface area contributed by atoms with Crippen molar-refractivity contribution in [3.05, 3.63) is 95.2 Å². The predicted molar refractivity (Wildman–Crippen MR) is 118 cm³/mol. The average molecular weight is 404 g/mol. The van der Waals surface area contributed by atoms with Gasteiger partial charge < -0.3 is 4.40 Å². The second-order valence-electron chi connectivity index (χ2n) is 6.99. The number of rotatable bonds is 5. The molecule has 0 amide bonds. The molecule has 0 aliphatic heterocycles. The zero-order valence-electron chi connectivity index (χ0n) is 16.2. The molecule has 0 saturated carbocycles. The minimum atomic E-state index is -3.64. The van der Waals surface area contributed by atoms with Crippen molar-refractivity contribution in [3.63, 3.8) is 0 Å². The van der Waals surface area contributed by atoms with E-state index in [9.17, 15) is 8.42 Å². The summed E-state index contributed by atoms with van der Waals surface area (Å²) < 4.78 is 29.7. The minimum Gasteiger partial charge on any atom is -0.306 e. The molecule has 0 unspecified atom stereocenters. The van der Waals surface area contributed by atoms with Gasteiger partial charge in [-0.05, 0) is 54.8 Å². The monoisotopic (exact) mass is 403 g/mol. The molecule has 2 aromatic heterocycles. The topological polar surface area (TPSA) is 63.5 Å². The summed E-state index contributed by atoms with van der Waals surface area (Å²) in [5.41, 5.74) is 5.82. The Morgan fingerprint density at radius 2 is 1.79 bits per heavy atom. The second-order valence-corrected chi connectivity index (χ2v) is 8.55. The van der Waals surface area contributed by atoms with E-state index in [1.165, 1.54) is 5.41 Å². The van der Waals surface area contributed by atoms with Crippen LogP contribution in [0, 0.1) is 13.8 Å². The molecule has 29 heavy (non-hydrogen) atoms. The van der Waals surface area contributed by atoms with Crippen molar-refractivity contribution in [1.29, 1.82) is 0 Å². The van der Waals surface area contributed by atoms with Crippen molar-refractivity contribution >= 4 is 27.4 Å². The van der Waals surface area contributed by atoms with Crippen LogP contribution in [0.25, 0.3) is 23.0 Å². The Hall–Kier alpha value is -3.38. The number of benzene rings is 2. The molecule has 2 aromatic carbocycles. The fraction of sp³-hybridized carbons (Fsp3) is 0.0870. The Labute approximate surface area is 170 Å². The summed E-state index contributed by atoms with van der Waals surface area (Å²) >= 11 is 0. The first-order valence-corrected chi connectivity index (χ1v) is 10.8. The highest BCUT2D eigenvalue weighted by Gasteiger charge is 2.11. The lowest BCUT2D eigenvalue weighted by Gasteiger charge is -2.09. The molecule has 0 spiro atoms. The van der Waals surface area contributed by atoms with E-state index in [0.29, 0.717) is 5.69 Å². The quantitative estimate of drug-likeness (QED) is 0.508. The van der Waals surface area contributed by atoms with Crippen molar-refractivity contribution < 1.29 is 8.42 Å². The van der Waals surface area contributed by atoms with Gasteiger partial charge in [0.2, 0.25) is 0 Å². The standard InChI is InChI=1S/C23H21N3O2S/c1-17-10-12-26-16-22(24-23(26)14-17)20-9-8-18(2)21(15-20)25-29(27,28)13-11-19-6-4-3-5-7-19/h3-16,25H,1-2H3/b13-11+. The molecule has 0 aliphatic carbocycles. The number of aromatic nitrogens is 2. The van der Waals surface area contributed by atoms with Crippen molar-refractivity contribution in [2.75, 3.05) is 4.72 Å². The maximum absolute atomic E-state index is 12.5. The van der Waals surface area contributed by atoms with E-state index < -0.39 is 10.0 Å². The third kappa shape index (κ3) is 4.38. The summed E-state index contributed by atoms with van der Waals surface area (Å²) in [6, 6.07) is 19.0. The van der Waals surface area contributed by atoms with Gasteiger partial charge in [0.05, 0.1) is 16.8 Å². The maximum atomic E-state index is 12.5. The first-order valence-electron chi connectivity index (χ1n) is 9.22. The van der Waals surface area contributed by atoms with Gasteiger partial charge in [0.1, 0.15) is 5.65 Å². The Balaban J connectivity index is 1.63. The van der Waals surface area contributed by atoms with Crippen LogP contribution < -0.4 is 4.72 Å². The second kappa shape index (κ2) is 7.56. The number of imidazole rings is 1. The molecule has 0 atom stereocenters. The summed E-state index contributed by atoms with van der Waals surface area (Å²) in [5.74, 6) is 0. The molecule has 0 radical (unpaired) electrons. The van der Waals surface area contributed by atoms with Gasteiger partial charge in [0, 0.05) is 18.0 Å². The molecule has 0 fully saturated rings. The fourth-order valence-corrected chi connectivity index (χ4v) is 3.96. The molecule has 0 bridgehead atoms. The van der Waals surface area contributed by atoms with E-state index >= 15 is 0 Å². The van der Waals surface area contributed by atoms with Crippen molar-refractivity contribution in [1.82, 2.24) is 9.38 Å². The van der Waals surface area contributed by atoms with E-state index in [1.807, 2.05) is 91.3 Å². The summed E-state index contributed by atoms with van der Waals surface area (Å²) in [6.45, 7) is 3.89. The molecule has 4 aromatic rings. The van der Waals surface area contributed by atoms with E-state index in [0.717, 1.165) is 33.6 Å². The van der Waals surface area contributed by atoms with Gasteiger partial charge >= 0.3 is 0 Å². The van der Waals surface area contributed by atoms with E-state index in [1.54, 1.807) is 6.08 Å². The van der Waals surface area contributed by atoms with Crippen LogP contribution in [0.3, 0.4) is 0 Å². The van der Waals surface area contributed by atoms with Gasteiger partial charge in [-0.15, -0.1) is 0 Å². The highest BCUT2D eigenvalue weighted by molar-refractivity contribution is 7.95. The zero-order valence-corrected chi connectivity index (χ0v) is 17.0. The molecule has 0 saturated heterocycles. The van der Waals surface area contributed by atoms with Crippen LogP contribution in [0.2, 0.25) is 0 Å². The molecule has 1 N–H and O–H groups in total. The summed E-state index contributed by atoms with van der Waals surface area (Å²) in [6.07, 6.45) is 5.48. The van der Waals surface area contributed by atoms with Crippen molar-refractivity contribution in [2.45, 2.75) is 13.8 Å². The number of hydrogen-bond acceptors (Lipinski definition) is 3. The summed E-state index contributed by atoms with van der Waals surface area (Å²) in [5, 5.41) is 1.18. The lowest BCUT2D eigenvalue weighted by molar-refractivity contribution is 0.609. The van der Waals surface area contributed by atoms with Crippen LogP contribution in [-0.2, 0) is 10.0 Å². The van der Waals surface area contributed by atoms with Crippen LogP contribution in [0.1, 0.15) is 16.7 Å². The molecular weight excluding hydrogens is 382 g/mol. The summed E-state index contributed by atoms with van der Waals surface area (Å²) in [4.78, 5) is 4.66. The Morgan fingerprint density at radius 3 is 2.59 bits per heavy atom. The molecule has 2 heterocycles. The number of fused-ring (bicyclic) bond motifs is 1. The van der Waals surface area contributed by atoms with Gasteiger partial charge in [-0.25, -0.2) is 13.4 Å². The highest BCUT2D eigenvalue weighted by atomic mass is 32.2. The number of aryl methyl sites for hydroxylation is 2. The van der Waals surface area contributed by atoms with E-state index in [2.05, 4.69) is 9.71 Å². The van der Waals surface area contributed by atoms with Gasteiger partial charge in [-0.3, -0.25) is 4.72 Å². The number of hydrogen-bond donors (Lipinski definition) is 1. The lowest BCUT2D eigenvalue weighted by atomic mass is 10.1. The third-order valence-corrected chi connectivity index (χ3v) is 5.64. The van der Waals surface area contributed by atoms with Gasteiger partial charge in [0.25, 0.3) is 10.0 Å². The Morgan fingerprint density at radius 1 is 1.00 bits per heavy atom. The number of nitrogens with one attached hydrogen (secondary N) is 1. The smallest absolute Gasteiger partial charge is 0.255 e. The zero-order chi connectivity index (χ0) is 20.4. The first kappa shape index (κ1) is 19.0. The normalized spacial score (nSPS) is 11.9. The number of pyridine rings is 1. The molecule has 6 heteroatoms. The maximum Gasteiger partial charge on any atom is 0.255 e. The van der Waals surface area contributed by atoms with Crippen LogP contribution in [-0.4, -0.2) is 17.8 Å². The number of nitrogens with zero attached hydrogens (tertiary/aromatic N) is 2. The van der Waals surface area contributed by atoms with E-state index in [4.69, 9.17) is 0 Å². The predicted octanol–water partition coefficient (Wildman–Crippen LogP) is 5.03. The lowest BCUT2D eigenvalue weighted by Crippen LogP contribution is -2.10. The van der Waals surface area contributed by atoms with Gasteiger partial charge in [-0.2, -0.15) is 0 Å². The fourth-order valence-electron chi connectivity index (χ4n) is 3.03. The van der Waals surface area contributed by atoms with Crippen LogP contribution in [0.15, 0.2) is 78.5 Å². The summed E-state index contributed by atoms with van der Waals surface area (Å²) in [7, 11) is -3.64. The molecule has 146 valence electrons. The third-order valence-electron chi connectivity index (χ3n) is 4.64.